The number of ether oxygens (including phenoxy) is 2. The van der Waals surface area contributed by atoms with Crippen molar-refractivity contribution in [3.05, 3.63) is 28.8 Å². The number of hydrogen-bond acceptors (Lipinski definition) is 4. The van der Waals surface area contributed by atoms with Crippen LogP contribution in [-0.4, -0.2) is 67.7 Å². The quantitative estimate of drug-likeness (QED) is 0.769. The number of hydrogen-bond donors (Lipinski definition) is 0. The van der Waals surface area contributed by atoms with Crippen LogP contribution in [0.2, 0.25) is 5.02 Å². The van der Waals surface area contributed by atoms with Crippen LogP contribution in [0.15, 0.2) is 18.2 Å². The van der Waals surface area contributed by atoms with Crippen molar-refractivity contribution in [2.45, 2.75) is 38.2 Å². The summed E-state index contributed by atoms with van der Waals surface area (Å²) in [7, 11) is 0. The van der Waals surface area contributed by atoms with Gasteiger partial charge in [-0.05, 0) is 56.2 Å². The first-order valence-corrected chi connectivity index (χ1v) is 10.6. The summed E-state index contributed by atoms with van der Waals surface area (Å²) >= 11 is 6.43. The summed E-state index contributed by atoms with van der Waals surface area (Å²) in [5.41, 5.74) is 0.588. The van der Waals surface area contributed by atoms with Crippen molar-refractivity contribution in [3.63, 3.8) is 0 Å². The molecule has 148 valence electrons. The molecule has 0 bridgehead atoms. The highest BCUT2D eigenvalue weighted by Gasteiger charge is 2.28. The maximum atomic E-state index is 13.0. The molecule has 2 aliphatic heterocycles. The number of rotatable bonds is 5. The third-order valence-corrected chi connectivity index (χ3v) is 6.26. The van der Waals surface area contributed by atoms with Gasteiger partial charge in [0.2, 0.25) is 0 Å². The maximum Gasteiger partial charge on any atom is 0.255 e. The van der Waals surface area contributed by atoms with Crippen molar-refractivity contribution >= 4 is 17.5 Å². The Morgan fingerprint density at radius 3 is 2.67 bits per heavy atom. The minimum absolute atomic E-state index is 0.0434. The van der Waals surface area contributed by atoms with Crippen molar-refractivity contribution in [2.24, 2.45) is 5.92 Å². The molecule has 0 N–H and O–H groups in total. The summed E-state index contributed by atoms with van der Waals surface area (Å²) in [6, 6.07) is 5.50. The van der Waals surface area contributed by atoms with Gasteiger partial charge in [-0.2, -0.15) is 0 Å². The standard InChI is InChI=1S/C21H29ClN2O3/c22-20-13-18(27-17-4-1-5-17)6-7-19(20)21(25)24-8-2-3-16(15-24)14-23-9-11-26-12-10-23/h6-7,13,16-17H,1-5,8-12,14-15H2/t16-/m1/s1. The summed E-state index contributed by atoms with van der Waals surface area (Å²) in [4.78, 5) is 17.5. The lowest BCUT2D eigenvalue weighted by Crippen LogP contribution is -2.46. The Hall–Kier alpha value is -1.30. The minimum atomic E-state index is 0.0434. The molecule has 1 saturated carbocycles. The van der Waals surface area contributed by atoms with Crippen LogP contribution >= 0.6 is 11.6 Å². The van der Waals surface area contributed by atoms with Gasteiger partial charge in [0.25, 0.3) is 5.91 Å². The zero-order valence-electron chi connectivity index (χ0n) is 15.9. The molecule has 1 amide bonds. The Kier molecular flexibility index (Phi) is 6.21. The summed E-state index contributed by atoms with van der Waals surface area (Å²) in [5.74, 6) is 1.34. The van der Waals surface area contributed by atoms with Gasteiger partial charge in [0.15, 0.2) is 0 Å². The number of amides is 1. The largest absolute Gasteiger partial charge is 0.490 e. The number of benzene rings is 1. The summed E-state index contributed by atoms with van der Waals surface area (Å²) < 4.78 is 11.3. The van der Waals surface area contributed by atoms with Crippen LogP contribution in [0.5, 0.6) is 5.75 Å². The average Bonchev–Trinajstić information content (AvgIpc) is 2.65. The Balaban J connectivity index is 1.36. The van der Waals surface area contributed by atoms with Gasteiger partial charge in [0, 0.05) is 32.7 Å². The number of nitrogens with zero attached hydrogens (tertiary/aromatic N) is 2. The lowest BCUT2D eigenvalue weighted by atomic mass is 9.96. The normalized spacial score (nSPS) is 24.5. The van der Waals surface area contributed by atoms with Gasteiger partial charge in [-0.1, -0.05) is 11.6 Å². The smallest absolute Gasteiger partial charge is 0.255 e. The number of halogens is 1. The summed E-state index contributed by atoms with van der Waals surface area (Å²) in [6.45, 7) is 6.31. The Bertz CT molecular complexity index is 659. The van der Waals surface area contributed by atoms with Crippen LogP contribution in [-0.2, 0) is 4.74 Å². The first kappa shape index (κ1) is 19.0. The van der Waals surface area contributed by atoms with E-state index in [4.69, 9.17) is 21.1 Å². The number of piperidine rings is 1. The van der Waals surface area contributed by atoms with Gasteiger partial charge >= 0.3 is 0 Å². The lowest BCUT2D eigenvalue weighted by molar-refractivity contribution is 0.0224. The monoisotopic (exact) mass is 392 g/mol. The van der Waals surface area contributed by atoms with Crippen LogP contribution < -0.4 is 4.74 Å². The van der Waals surface area contributed by atoms with E-state index in [1.807, 2.05) is 17.0 Å². The van der Waals surface area contributed by atoms with Crippen molar-refractivity contribution in [1.29, 1.82) is 0 Å². The molecular formula is C21H29ClN2O3. The molecular weight excluding hydrogens is 364 g/mol. The second kappa shape index (κ2) is 8.80. The fraction of sp³-hybridized carbons (Fsp3) is 0.667. The molecule has 3 aliphatic rings. The molecule has 0 aromatic heterocycles. The molecule has 1 aliphatic carbocycles. The SMILES string of the molecule is O=C(c1ccc(OC2CCC2)cc1Cl)N1CCC[C@H](CN2CCOCC2)C1. The van der Waals surface area contributed by atoms with E-state index < -0.39 is 0 Å². The fourth-order valence-corrected chi connectivity index (χ4v) is 4.39. The number of carbonyl (C=O) groups is 1. The second-order valence-electron chi connectivity index (χ2n) is 7.98. The minimum Gasteiger partial charge on any atom is -0.490 e. The zero-order chi connectivity index (χ0) is 18.6. The summed E-state index contributed by atoms with van der Waals surface area (Å²) in [6.07, 6.45) is 6.00. The second-order valence-corrected chi connectivity index (χ2v) is 8.39. The van der Waals surface area contributed by atoms with Gasteiger partial charge in [-0.15, -0.1) is 0 Å². The zero-order valence-corrected chi connectivity index (χ0v) is 16.6. The van der Waals surface area contributed by atoms with Crippen molar-refractivity contribution in [3.8, 4) is 5.75 Å². The molecule has 5 nitrogen and oxygen atoms in total. The molecule has 0 unspecified atom stereocenters. The van der Waals surface area contributed by atoms with Gasteiger partial charge in [-0.25, -0.2) is 0 Å². The number of morpholine rings is 1. The van der Waals surface area contributed by atoms with E-state index in [-0.39, 0.29) is 5.91 Å². The van der Waals surface area contributed by atoms with E-state index in [0.29, 0.717) is 22.6 Å². The number of likely N-dealkylation sites (tertiary alicyclic amines) is 1. The predicted molar refractivity (Wildman–Crippen MR) is 106 cm³/mol. The van der Waals surface area contributed by atoms with Crippen LogP contribution in [0.25, 0.3) is 0 Å². The Labute approximate surface area is 166 Å². The van der Waals surface area contributed by atoms with Crippen molar-refractivity contribution in [2.75, 3.05) is 45.9 Å². The van der Waals surface area contributed by atoms with E-state index in [2.05, 4.69) is 4.90 Å². The van der Waals surface area contributed by atoms with E-state index in [1.54, 1.807) is 6.07 Å². The maximum absolute atomic E-state index is 13.0. The number of carbonyl (C=O) groups excluding carboxylic acids is 1. The molecule has 3 fully saturated rings. The molecule has 2 saturated heterocycles. The van der Waals surface area contributed by atoms with Gasteiger partial charge in [-0.3, -0.25) is 9.69 Å². The summed E-state index contributed by atoms with van der Waals surface area (Å²) in [5, 5.41) is 0.493. The first-order chi connectivity index (χ1) is 13.2. The third kappa shape index (κ3) is 4.76. The molecule has 0 spiro atoms. The fourth-order valence-electron chi connectivity index (χ4n) is 4.14. The van der Waals surface area contributed by atoms with Crippen molar-refractivity contribution in [1.82, 2.24) is 9.80 Å². The lowest BCUT2D eigenvalue weighted by Gasteiger charge is -2.37. The molecule has 1 aromatic carbocycles. The van der Waals surface area contributed by atoms with Crippen LogP contribution in [0.4, 0.5) is 0 Å². The third-order valence-electron chi connectivity index (χ3n) is 5.95. The molecule has 0 radical (unpaired) electrons. The van der Waals surface area contributed by atoms with E-state index in [1.165, 1.54) is 12.8 Å². The van der Waals surface area contributed by atoms with Gasteiger partial charge in [0.1, 0.15) is 5.75 Å². The first-order valence-electron chi connectivity index (χ1n) is 10.2. The van der Waals surface area contributed by atoms with E-state index in [9.17, 15) is 4.79 Å². The van der Waals surface area contributed by atoms with E-state index >= 15 is 0 Å². The highest BCUT2D eigenvalue weighted by atomic mass is 35.5. The topological polar surface area (TPSA) is 42.0 Å². The van der Waals surface area contributed by atoms with Crippen LogP contribution in [0, 0.1) is 5.92 Å². The average molecular weight is 393 g/mol. The molecule has 4 rings (SSSR count). The van der Waals surface area contributed by atoms with Crippen LogP contribution in [0.3, 0.4) is 0 Å². The van der Waals surface area contributed by atoms with E-state index in [0.717, 1.165) is 70.9 Å². The van der Waals surface area contributed by atoms with Gasteiger partial charge < -0.3 is 14.4 Å². The highest BCUT2D eigenvalue weighted by Crippen LogP contribution is 2.30. The Morgan fingerprint density at radius 1 is 1.15 bits per heavy atom. The molecule has 6 heteroatoms. The molecule has 27 heavy (non-hydrogen) atoms. The molecule has 1 aromatic rings. The predicted octanol–water partition coefficient (Wildman–Crippen LogP) is 3.46. The molecule has 1 atom stereocenters. The van der Waals surface area contributed by atoms with Gasteiger partial charge in [0.05, 0.1) is 29.9 Å². The van der Waals surface area contributed by atoms with Crippen LogP contribution in [0.1, 0.15) is 42.5 Å². The molecule has 2 heterocycles. The highest BCUT2D eigenvalue weighted by molar-refractivity contribution is 6.34. The van der Waals surface area contributed by atoms with Crippen molar-refractivity contribution < 1.29 is 14.3 Å². The Morgan fingerprint density at radius 2 is 1.96 bits per heavy atom.